The number of carbonyl (C=O) groups excluding carboxylic acids is 2. The molecule has 1 saturated heterocycles. The number of rotatable bonds is 4. The van der Waals surface area contributed by atoms with E-state index >= 15 is 0 Å². The normalized spacial score (nSPS) is 14.6. The summed E-state index contributed by atoms with van der Waals surface area (Å²) in [6, 6.07) is 5.40. The van der Waals surface area contributed by atoms with Crippen LogP contribution in [0.4, 0.5) is 4.39 Å². The second-order valence-corrected chi connectivity index (χ2v) is 7.51. The molecule has 162 valence electrons. The molecule has 0 radical (unpaired) electrons. The maximum absolute atomic E-state index is 13.8. The Morgan fingerprint density at radius 1 is 1.26 bits per heavy atom. The molecule has 3 aromatic rings. The van der Waals surface area contributed by atoms with Crippen LogP contribution >= 0.6 is 0 Å². The van der Waals surface area contributed by atoms with E-state index in [4.69, 9.17) is 4.74 Å². The minimum absolute atomic E-state index is 0.0764. The first kappa shape index (κ1) is 20.6. The molecule has 0 saturated carbocycles. The molecule has 0 aliphatic carbocycles. The molecular weight excluding hydrogens is 405 g/mol. The van der Waals surface area contributed by atoms with Gasteiger partial charge in [-0.05, 0) is 38.0 Å². The van der Waals surface area contributed by atoms with Gasteiger partial charge in [0.2, 0.25) is 0 Å². The number of aromatic amines is 1. The van der Waals surface area contributed by atoms with Crippen LogP contribution in [0.1, 0.15) is 39.4 Å². The number of halogens is 1. The number of nitrogens with zero attached hydrogens (tertiary/aromatic N) is 3. The van der Waals surface area contributed by atoms with Crippen LogP contribution in [0.5, 0.6) is 5.75 Å². The molecule has 3 heterocycles. The van der Waals surface area contributed by atoms with Gasteiger partial charge in [0.15, 0.2) is 17.3 Å². The first-order valence-corrected chi connectivity index (χ1v) is 9.88. The first-order valence-electron chi connectivity index (χ1n) is 9.88. The number of hydrogen-bond donors (Lipinski definition) is 2. The van der Waals surface area contributed by atoms with Gasteiger partial charge in [-0.15, -0.1) is 0 Å². The Morgan fingerprint density at radius 2 is 2.00 bits per heavy atom. The van der Waals surface area contributed by atoms with Crippen molar-refractivity contribution in [3.8, 4) is 5.75 Å². The van der Waals surface area contributed by atoms with E-state index in [0.29, 0.717) is 37.1 Å². The molecular formula is C21H22FN5O4. The highest BCUT2D eigenvalue weighted by Crippen LogP contribution is 2.19. The molecule has 0 spiro atoms. The number of H-pyrrole nitrogens is 1. The number of ether oxygens (including phenoxy) is 1. The molecule has 9 nitrogen and oxygen atoms in total. The number of carbonyl (C=O) groups is 2. The first-order chi connectivity index (χ1) is 14.9. The zero-order valence-corrected chi connectivity index (χ0v) is 17.1. The molecule has 31 heavy (non-hydrogen) atoms. The van der Waals surface area contributed by atoms with Crippen molar-refractivity contribution in [2.45, 2.75) is 25.8 Å². The van der Waals surface area contributed by atoms with Crippen molar-refractivity contribution in [2.24, 2.45) is 0 Å². The van der Waals surface area contributed by atoms with Crippen molar-refractivity contribution in [1.82, 2.24) is 24.8 Å². The van der Waals surface area contributed by atoms with Crippen LogP contribution in [0.15, 0.2) is 35.3 Å². The van der Waals surface area contributed by atoms with Crippen LogP contribution in [0, 0.1) is 12.7 Å². The zero-order chi connectivity index (χ0) is 22.1. The standard InChI is InChI=1S/C21H22FN5O4/c1-12-11-27-17(20(29)23-12)10-16(25-27)21(30)26-7-5-14(6-8-26)24-19(28)13-3-4-18(31-2)15(22)9-13/h3-4,9-11,14H,5-8H2,1-2H3,(H,23,29)(H,24,28). The van der Waals surface area contributed by atoms with Crippen molar-refractivity contribution in [1.29, 1.82) is 0 Å². The van der Waals surface area contributed by atoms with Crippen LogP contribution in [0.3, 0.4) is 0 Å². The lowest BCUT2D eigenvalue weighted by Gasteiger charge is -2.32. The number of aromatic nitrogens is 3. The average Bonchev–Trinajstić information content (AvgIpc) is 3.18. The van der Waals surface area contributed by atoms with E-state index in [1.807, 2.05) is 0 Å². The fourth-order valence-electron chi connectivity index (χ4n) is 3.69. The van der Waals surface area contributed by atoms with Crippen molar-refractivity contribution in [3.63, 3.8) is 0 Å². The molecule has 0 unspecified atom stereocenters. The van der Waals surface area contributed by atoms with Crippen LogP contribution in [-0.2, 0) is 0 Å². The average molecular weight is 427 g/mol. The molecule has 1 aliphatic rings. The molecule has 1 fully saturated rings. The number of aryl methyl sites for hydroxylation is 1. The van der Waals surface area contributed by atoms with Gasteiger partial charge in [0.1, 0.15) is 5.52 Å². The van der Waals surface area contributed by atoms with E-state index in [2.05, 4.69) is 15.4 Å². The molecule has 10 heteroatoms. The maximum atomic E-state index is 13.8. The largest absolute Gasteiger partial charge is 0.494 e. The topological polar surface area (TPSA) is 109 Å². The number of methoxy groups -OCH3 is 1. The Bertz CT molecular complexity index is 1210. The van der Waals surface area contributed by atoms with E-state index in [9.17, 15) is 18.8 Å². The summed E-state index contributed by atoms with van der Waals surface area (Å²) in [5, 5.41) is 7.11. The summed E-state index contributed by atoms with van der Waals surface area (Å²) in [4.78, 5) is 41.6. The van der Waals surface area contributed by atoms with Crippen LogP contribution in [0.2, 0.25) is 0 Å². The van der Waals surface area contributed by atoms with Crippen molar-refractivity contribution in [3.05, 3.63) is 63.6 Å². The molecule has 0 bridgehead atoms. The molecule has 2 amide bonds. The molecule has 2 N–H and O–H groups in total. The van der Waals surface area contributed by atoms with Crippen LogP contribution in [-0.4, -0.2) is 57.6 Å². The third-order valence-corrected chi connectivity index (χ3v) is 5.35. The Morgan fingerprint density at radius 3 is 2.68 bits per heavy atom. The highest BCUT2D eigenvalue weighted by Gasteiger charge is 2.26. The number of hydrogen-bond acceptors (Lipinski definition) is 5. The maximum Gasteiger partial charge on any atom is 0.274 e. The Hall–Kier alpha value is -3.69. The summed E-state index contributed by atoms with van der Waals surface area (Å²) in [6.45, 7) is 2.61. The van der Waals surface area contributed by atoms with Gasteiger partial charge in [-0.3, -0.25) is 14.4 Å². The number of fused-ring (bicyclic) bond motifs is 1. The monoisotopic (exact) mass is 427 g/mol. The van der Waals surface area contributed by atoms with Crippen LogP contribution in [0.25, 0.3) is 5.52 Å². The summed E-state index contributed by atoms with van der Waals surface area (Å²) in [5.74, 6) is -1.16. The van der Waals surface area contributed by atoms with E-state index in [0.717, 1.165) is 6.07 Å². The molecule has 1 aliphatic heterocycles. The molecule has 4 rings (SSSR count). The third kappa shape index (κ3) is 4.14. The Labute approximate surface area is 176 Å². The number of amides is 2. The van der Waals surface area contributed by atoms with Gasteiger partial charge in [0.05, 0.1) is 7.11 Å². The van der Waals surface area contributed by atoms with Gasteiger partial charge in [-0.2, -0.15) is 5.10 Å². The number of likely N-dealkylation sites (tertiary alicyclic amines) is 1. The predicted octanol–water partition coefficient (Wildman–Crippen LogP) is 1.51. The van der Waals surface area contributed by atoms with E-state index < -0.39 is 5.82 Å². The zero-order valence-electron chi connectivity index (χ0n) is 17.1. The Kier molecular flexibility index (Phi) is 5.45. The van der Waals surface area contributed by atoms with E-state index in [1.165, 1.54) is 29.8 Å². The van der Waals surface area contributed by atoms with E-state index in [1.54, 1.807) is 18.0 Å². The lowest BCUT2D eigenvalue weighted by Crippen LogP contribution is -2.46. The molecule has 1 aromatic carbocycles. The van der Waals surface area contributed by atoms with Crippen molar-refractivity contribution >= 4 is 17.3 Å². The Balaban J connectivity index is 1.38. The summed E-state index contributed by atoms with van der Waals surface area (Å²) < 4.78 is 20.1. The van der Waals surface area contributed by atoms with Gasteiger partial charge in [0, 0.05) is 42.7 Å². The second-order valence-electron chi connectivity index (χ2n) is 7.51. The van der Waals surface area contributed by atoms with Crippen molar-refractivity contribution in [2.75, 3.05) is 20.2 Å². The van der Waals surface area contributed by atoms with Gasteiger partial charge < -0.3 is 19.9 Å². The van der Waals surface area contributed by atoms with Crippen molar-refractivity contribution < 1.29 is 18.7 Å². The van der Waals surface area contributed by atoms with Gasteiger partial charge in [-0.25, -0.2) is 8.91 Å². The van der Waals surface area contributed by atoms with Gasteiger partial charge >= 0.3 is 0 Å². The lowest BCUT2D eigenvalue weighted by molar-refractivity contribution is 0.0692. The third-order valence-electron chi connectivity index (χ3n) is 5.35. The SMILES string of the molecule is COc1ccc(C(=O)NC2CCN(C(=O)c3cc4c(=O)[nH]c(C)cn4n3)CC2)cc1F. The molecule has 0 atom stereocenters. The summed E-state index contributed by atoms with van der Waals surface area (Å²) in [6.07, 6.45) is 2.77. The summed E-state index contributed by atoms with van der Waals surface area (Å²) >= 11 is 0. The predicted molar refractivity (Wildman–Crippen MR) is 110 cm³/mol. The smallest absolute Gasteiger partial charge is 0.274 e. The number of nitrogens with one attached hydrogen (secondary N) is 2. The minimum atomic E-state index is -0.600. The molecule has 2 aromatic heterocycles. The second kappa shape index (κ2) is 8.21. The highest BCUT2D eigenvalue weighted by atomic mass is 19.1. The summed E-state index contributed by atoms with van der Waals surface area (Å²) in [7, 11) is 1.36. The minimum Gasteiger partial charge on any atom is -0.494 e. The number of piperidine rings is 1. The fourth-order valence-corrected chi connectivity index (χ4v) is 3.69. The quantitative estimate of drug-likeness (QED) is 0.656. The number of benzene rings is 1. The fraction of sp³-hybridized carbons (Fsp3) is 0.333. The lowest BCUT2D eigenvalue weighted by atomic mass is 10.0. The van der Waals surface area contributed by atoms with E-state index in [-0.39, 0.29) is 40.4 Å². The van der Waals surface area contributed by atoms with Gasteiger partial charge in [0.25, 0.3) is 17.4 Å². The summed E-state index contributed by atoms with van der Waals surface area (Å²) in [5.41, 5.74) is 1.06. The van der Waals surface area contributed by atoms with Crippen LogP contribution < -0.4 is 15.6 Å². The van der Waals surface area contributed by atoms with Gasteiger partial charge in [-0.1, -0.05) is 0 Å². The highest BCUT2D eigenvalue weighted by molar-refractivity contribution is 5.95.